The van der Waals surface area contributed by atoms with E-state index in [0.717, 1.165) is 28.5 Å². The quantitative estimate of drug-likeness (QED) is 0.556. The second-order valence-electron chi connectivity index (χ2n) is 8.06. The van der Waals surface area contributed by atoms with Crippen LogP contribution < -0.4 is 11.5 Å². The van der Waals surface area contributed by atoms with Crippen molar-refractivity contribution in [3.63, 3.8) is 0 Å². The number of rotatable bonds is 6. The molecule has 33 heavy (non-hydrogen) atoms. The Kier molecular flexibility index (Phi) is 6.48. The molecule has 3 heterocycles. The van der Waals surface area contributed by atoms with Crippen LogP contribution in [0.3, 0.4) is 0 Å². The molecule has 9 heteroatoms. The van der Waals surface area contributed by atoms with E-state index in [4.69, 9.17) is 11.5 Å². The predicted octanol–water partition coefficient (Wildman–Crippen LogP) is 2.24. The van der Waals surface area contributed by atoms with E-state index < -0.39 is 6.04 Å². The molecule has 9 nitrogen and oxygen atoms in total. The predicted molar refractivity (Wildman–Crippen MR) is 127 cm³/mol. The van der Waals surface area contributed by atoms with Crippen molar-refractivity contribution in [2.45, 2.75) is 32.4 Å². The summed E-state index contributed by atoms with van der Waals surface area (Å²) in [5.74, 6) is 0.628. The van der Waals surface area contributed by atoms with Crippen molar-refractivity contribution in [1.29, 1.82) is 0 Å². The van der Waals surface area contributed by atoms with Crippen molar-refractivity contribution >= 4 is 40.4 Å². The number of nitrogens with zero attached hydrogens (tertiary/aromatic N) is 5. The summed E-state index contributed by atoms with van der Waals surface area (Å²) < 4.78 is 0. The Morgan fingerprint density at radius 3 is 2.76 bits per heavy atom. The first kappa shape index (κ1) is 22.2. The molecule has 1 atom stereocenters. The van der Waals surface area contributed by atoms with Crippen LogP contribution in [-0.2, 0) is 16.1 Å². The number of piperazine rings is 1. The lowest BCUT2D eigenvalue weighted by atomic mass is 10.0. The van der Waals surface area contributed by atoms with Crippen LogP contribution in [0, 0.1) is 0 Å². The maximum absolute atomic E-state index is 13.3. The van der Waals surface area contributed by atoms with Crippen molar-refractivity contribution in [1.82, 2.24) is 24.8 Å². The van der Waals surface area contributed by atoms with Crippen LogP contribution in [0.1, 0.15) is 30.9 Å². The third-order valence-corrected chi connectivity index (χ3v) is 5.76. The van der Waals surface area contributed by atoms with E-state index in [-0.39, 0.29) is 11.8 Å². The molecular formula is C24H27N7O2. The van der Waals surface area contributed by atoms with Gasteiger partial charge in [-0.2, -0.15) is 0 Å². The lowest BCUT2D eigenvalue weighted by Crippen LogP contribution is -2.58. The molecule has 4 N–H and O–H groups in total. The minimum atomic E-state index is -0.483. The third-order valence-electron chi connectivity index (χ3n) is 5.76. The molecule has 4 rings (SSSR count). The SMILES string of the molecule is CCCC1C(=O)N(Cc2ccc3c(N)ncnc3c2)CCN1C(=O)/C=C/c1ccc(N)nc1. The standard InChI is InChI=1S/C24H27N7O2/c1-2-3-20-24(33)30(14-17-4-7-18-19(12-17)28-15-29-23(18)26)10-11-31(20)22(32)9-6-16-5-8-21(25)27-13-16/h4-9,12-13,15,20H,2-3,10-11,14H2,1H3,(H2,25,27)(H2,26,28,29)/b9-6+. The fourth-order valence-electron chi connectivity index (χ4n) is 4.03. The number of anilines is 2. The highest BCUT2D eigenvalue weighted by Gasteiger charge is 2.36. The lowest BCUT2D eigenvalue weighted by Gasteiger charge is -2.40. The van der Waals surface area contributed by atoms with E-state index in [1.807, 2.05) is 30.0 Å². The summed E-state index contributed by atoms with van der Waals surface area (Å²) >= 11 is 0. The number of nitrogens with two attached hydrogens (primary N) is 2. The fraction of sp³-hybridized carbons (Fsp3) is 0.292. The molecule has 1 aromatic carbocycles. The third kappa shape index (κ3) is 4.92. The Morgan fingerprint density at radius 1 is 1.15 bits per heavy atom. The van der Waals surface area contributed by atoms with Gasteiger partial charge in [-0.05, 0) is 47.9 Å². The summed E-state index contributed by atoms with van der Waals surface area (Å²) in [6, 6.07) is 8.73. The van der Waals surface area contributed by atoms with Crippen LogP contribution in [0.2, 0.25) is 0 Å². The maximum atomic E-state index is 13.3. The Balaban J connectivity index is 1.48. The summed E-state index contributed by atoms with van der Waals surface area (Å²) in [4.78, 5) is 42.0. The minimum Gasteiger partial charge on any atom is -0.384 e. The zero-order chi connectivity index (χ0) is 23.4. The highest BCUT2D eigenvalue weighted by molar-refractivity contribution is 5.96. The van der Waals surface area contributed by atoms with Gasteiger partial charge in [0, 0.05) is 37.3 Å². The van der Waals surface area contributed by atoms with Crippen LogP contribution in [0.15, 0.2) is 48.9 Å². The number of benzene rings is 1. The number of hydrogen-bond acceptors (Lipinski definition) is 7. The topological polar surface area (TPSA) is 131 Å². The Hall–Kier alpha value is -4.01. The van der Waals surface area contributed by atoms with Crippen molar-refractivity contribution < 1.29 is 9.59 Å². The molecule has 0 radical (unpaired) electrons. The van der Waals surface area contributed by atoms with Gasteiger partial charge in [-0.1, -0.05) is 19.4 Å². The van der Waals surface area contributed by atoms with Gasteiger partial charge < -0.3 is 21.3 Å². The summed E-state index contributed by atoms with van der Waals surface area (Å²) in [5.41, 5.74) is 14.0. The molecule has 1 aliphatic heterocycles. The van der Waals surface area contributed by atoms with E-state index in [9.17, 15) is 9.59 Å². The number of carbonyl (C=O) groups excluding carboxylic acids is 2. The number of hydrogen-bond donors (Lipinski definition) is 2. The van der Waals surface area contributed by atoms with Gasteiger partial charge in [-0.15, -0.1) is 0 Å². The van der Waals surface area contributed by atoms with Crippen molar-refractivity contribution in [2.75, 3.05) is 24.6 Å². The number of carbonyl (C=O) groups is 2. The first-order valence-electron chi connectivity index (χ1n) is 10.9. The van der Waals surface area contributed by atoms with Gasteiger partial charge >= 0.3 is 0 Å². The number of fused-ring (bicyclic) bond motifs is 1. The average Bonchev–Trinajstić information content (AvgIpc) is 2.81. The van der Waals surface area contributed by atoms with Crippen LogP contribution in [0.5, 0.6) is 0 Å². The number of amides is 2. The second kappa shape index (κ2) is 9.64. The van der Waals surface area contributed by atoms with Crippen LogP contribution in [0.4, 0.5) is 11.6 Å². The summed E-state index contributed by atoms with van der Waals surface area (Å²) in [5, 5.41) is 0.787. The van der Waals surface area contributed by atoms with E-state index in [1.165, 1.54) is 12.4 Å². The fourth-order valence-corrected chi connectivity index (χ4v) is 4.03. The van der Waals surface area contributed by atoms with E-state index >= 15 is 0 Å². The van der Waals surface area contributed by atoms with Crippen LogP contribution in [0.25, 0.3) is 17.0 Å². The Bertz CT molecular complexity index is 1190. The first-order chi connectivity index (χ1) is 16.0. The summed E-state index contributed by atoms with van der Waals surface area (Å²) in [6.45, 7) is 3.40. The van der Waals surface area contributed by atoms with Gasteiger partial charge in [0.15, 0.2) is 0 Å². The van der Waals surface area contributed by atoms with Gasteiger partial charge in [-0.3, -0.25) is 9.59 Å². The maximum Gasteiger partial charge on any atom is 0.247 e. The average molecular weight is 446 g/mol. The largest absolute Gasteiger partial charge is 0.384 e. The molecule has 1 fully saturated rings. The molecule has 2 amide bonds. The number of aromatic nitrogens is 3. The monoisotopic (exact) mass is 445 g/mol. The smallest absolute Gasteiger partial charge is 0.247 e. The van der Waals surface area contributed by atoms with Gasteiger partial charge in [0.2, 0.25) is 11.8 Å². The Morgan fingerprint density at radius 2 is 2.00 bits per heavy atom. The number of pyridine rings is 1. The van der Waals surface area contributed by atoms with Gasteiger partial charge in [0.1, 0.15) is 24.0 Å². The molecule has 3 aromatic rings. The normalized spacial score (nSPS) is 16.6. The molecular weight excluding hydrogens is 418 g/mol. The zero-order valence-electron chi connectivity index (χ0n) is 18.5. The van der Waals surface area contributed by atoms with E-state index in [1.54, 1.807) is 29.3 Å². The second-order valence-corrected chi connectivity index (χ2v) is 8.06. The lowest BCUT2D eigenvalue weighted by molar-refractivity contribution is -0.150. The van der Waals surface area contributed by atoms with Crippen LogP contribution >= 0.6 is 0 Å². The van der Waals surface area contributed by atoms with Crippen molar-refractivity contribution in [2.24, 2.45) is 0 Å². The molecule has 0 saturated carbocycles. The number of nitrogen functional groups attached to an aromatic ring is 2. The van der Waals surface area contributed by atoms with Gasteiger partial charge in [0.25, 0.3) is 0 Å². The zero-order valence-corrected chi connectivity index (χ0v) is 18.5. The molecule has 1 saturated heterocycles. The molecule has 0 aliphatic carbocycles. The minimum absolute atomic E-state index is 0.0405. The van der Waals surface area contributed by atoms with Crippen LogP contribution in [-0.4, -0.2) is 55.7 Å². The van der Waals surface area contributed by atoms with Crippen molar-refractivity contribution in [3.8, 4) is 0 Å². The summed E-state index contributed by atoms with van der Waals surface area (Å²) in [6.07, 6.45) is 7.63. The molecule has 0 bridgehead atoms. The highest BCUT2D eigenvalue weighted by Crippen LogP contribution is 2.22. The molecule has 1 unspecified atom stereocenters. The molecule has 170 valence electrons. The molecule has 1 aliphatic rings. The molecule has 0 spiro atoms. The highest BCUT2D eigenvalue weighted by atomic mass is 16.2. The van der Waals surface area contributed by atoms with E-state index in [2.05, 4.69) is 15.0 Å². The first-order valence-corrected chi connectivity index (χ1v) is 10.9. The van der Waals surface area contributed by atoms with Gasteiger partial charge in [0.05, 0.1) is 5.52 Å². The summed E-state index contributed by atoms with van der Waals surface area (Å²) in [7, 11) is 0. The van der Waals surface area contributed by atoms with Crippen molar-refractivity contribution in [3.05, 3.63) is 60.1 Å². The van der Waals surface area contributed by atoms with Gasteiger partial charge in [-0.25, -0.2) is 15.0 Å². The van der Waals surface area contributed by atoms with E-state index in [0.29, 0.717) is 37.7 Å². The molecule has 2 aromatic heterocycles. The Labute approximate surface area is 192 Å².